The number of carbonyl (C=O) groups is 1. The zero-order valence-electron chi connectivity index (χ0n) is 12.7. The van der Waals surface area contributed by atoms with Gasteiger partial charge in [0, 0.05) is 13.0 Å². The topological polar surface area (TPSA) is 113 Å². The molecule has 1 rings (SSSR count). The molecule has 0 aromatic carbocycles. The van der Waals surface area contributed by atoms with Gasteiger partial charge in [0.05, 0.1) is 12.6 Å². The first-order valence-corrected chi connectivity index (χ1v) is 7.39. The Balaban J connectivity index is 2.95. The average molecular weight is 344 g/mol. The molecule has 0 radical (unpaired) electrons. The molecule has 0 aliphatic carbocycles. The summed E-state index contributed by atoms with van der Waals surface area (Å²) in [5.41, 5.74) is 0. The number of amides is 1. The molecule has 1 aliphatic rings. The molecule has 23 heavy (non-hydrogen) atoms. The van der Waals surface area contributed by atoms with E-state index in [1.165, 1.54) is 0 Å². The van der Waals surface area contributed by atoms with Gasteiger partial charge in [-0.3, -0.25) is 9.69 Å². The van der Waals surface area contributed by atoms with Crippen LogP contribution in [0.3, 0.4) is 0 Å². The third-order valence-electron chi connectivity index (χ3n) is 3.88. The van der Waals surface area contributed by atoms with Crippen LogP contribution in [-0.4, -0.2) is 87.5 Å². The molecule has 7 nitrogen and oxygen atoms in total. The molecular formula is C13H23F3N2O5. The molecule has 0 aromatic heterocycles. The number of likely N-dealkylation sites (tertiary alicyclic amines) is 1. The predicted octanol–water partition coefficient (Wildman–Crippen LogP) is -1.41. The van der Waals surface area contributed by atoms with E-state index in [-0.39, 0.29) is 19.5 Å². The van der Waals surface area contributed by atoms with Crippen LogP contribution in [-0.2, 0) is 4.79 Å². The van der Waals surface area contributed by atoms with E-state index in [1.807, 2.05) is 0 Å². The minimum atomic E-state index is -4.37. The molecule has 0 bridgehead atoms. The Labute approximate surface area is 131 Å². The van der Waals surface area contributed by atoms with Crippen molar-refractivity contribution in [2.75, 3.05) is 19.7 Å². The predicted molar refractivity (Wildman–Crippen MR) is 73.4 cm³/mol. The highest BCUT2D eigenvalue weighted by Gasteiger charge is 2.50. The first-order chi connectivity index (χ1) is 10.6. The molecule has 5 N–H and O–H groups in total. The fourth-order valence-corrected chi connectivity index (χ4v) is 2.78. The van der Waals surface area contributed by atoms with E-state index < -0.39 is 55.5 Å². The minimum absolute atomic E-state index is 0.223. The lowest BCUT2D eigenvalue weighted by Crippen LogP contribution is -2.70. The number of nitrogens with one attached hydrogen (secondary N) is 1. The molecule has 0 spiro atoms. The SMILES string of the molecule is CCNC(=O)[C@@H]1[C@@H](O)[C@@H](O)[C@H](O)[C@@H](CO)N1CCCC(F)(F)F. The lowest BCUT2D eigenvalue weighted by molar-refractivity contribution is -0.180. The maximum absolute atomic E-state index is 12.3. The molecule has 1 fully saturated rings. The molecule has 1 aliphatic heterocycles. The number of hydrogen-bond donors (Lipinski definition) is 5. The summed E-state index contributed by atoms with van der Waals surface area (Å²) in [4.78, 5) is 13.2. The Morgan fingerprint density at radius 2 is 1.78 bits per heavy atom. The number of piperidine rings is 1. The van der Waals surface area contributed by atoms with E-state index in [4.69, 9.17) is 0 Å². The Kier molecular flexibility index (Phi) is 7.21. The van der Waals surface area contributed by atoms with Crippen molar-refractivity contribution >= 4 is 5.91 Å². The highest BCUT2D eigenvalue weighted by molar-refractivity contribution is 5.82. The summed E-state index contributed by atoms with van der Waals surface area (Å²) in [7, 11) is 0. The smallest absolute Gasteiger partial charge is 0.389 e. The molecule has 0 saturated carbocycles. The van der Waals surface area contributed by atoms with Gasteiger partial charge < -0.3 is 25.7 Å². The van der Waals surface area contributed by atoms with Crippen molar-refractivity contribution in [3.8, 4) is 0 Å². The summed E-state index contributed by atoms with van der Waals surface area (Å²) in [6.45, 7) is 0.900. The standard InChI is InChI=1S/C13H23F3N2O5/c1-2-17-12(23)8-10(21)11(22)9(20)7(6-19)18(8)5-3-4-13(14,15)16/h7-11,19-22H,2-6H2,1H3,(H,17,23)/t7-,8+,9-,10-,11+/m1/s1. The van der Waals surface area contributed by atoms with Gasteiger partial charge in [-0.05, 0) is 19.9 Å². The Hall–Kier alpha value is -0.940. The minimum Gasteiger partial charge on any atom is -0.395 e. The number of hydrogen-bond acceptors (Lipinski definition) is 6. The first kappa shape index (κ1) is 20.1. The highest BCUT2D eigenvalue weighted by atomic mass is 19.4. The van der Waals surface area contributed by atoms with Gasteiger partial charge in [-0.15, -0.1) is 0 Å². The summed E-state index contributed by atoms with van der Waals surface area (Å²) < 4.78 is 36.9. The fraction of sp³-hybridized carbons (Fsp3) is 0.923. The number of nitrogens with zero attached hydrogens (tertiary/aromatic N) is 1. The summed E-state index contributed by atoms with van der Waals surface area (Å²) >= 11 is 0. The van der Waals surface area contributed by atoms with Gasteiger partial charge >= 0.3 is 6.18 Å². The van der Waals surface area contributed by atoms with E-state index in [0.29, 0.717) is 0 Å². The van der Waals surface area contributed by atoms with Crippen molar-refractivity contribution in [1.82, 2.24) is 10.2 Å². The molecule has 136 valence electrons. The van der Waals surface area contributed by atoms with E-state index >= 15 is 0 Å². The van der Waals surface area contributed by atoms with Gasteiger partial charge in [0.15, 0.2) is 0 Å². The largest absolute Gasteiger partial charge is 0.395 e. The zero-order chi connectivity index (χ0) is 17.8. The summed E-state index contributed by atoms with van der Waals surface area (Å²) in [5.74, 6) is -0.684. The van der Waals surface area contributed by atoms with E-state index in [0.717, 1.165) is 4.90 Å². The van der Waals surface area contributed by atoms with Crippen LogP contribution in [0.5, 0.6) is 0 Å². The maximum Gasteiger partial charge on any atom is 0.389 e. The van der Waals surface area contributed by atoms with Crippen molar-refractivity contribution in [2.24, 2.45) is 0 Å². The van der Waals surface area contributed by atoms with E-state index in [9.17, 15) is 38.4 Å². The highest BCUT2D eigenvalue weighted by Crippen LogP contribution is 2.27. The summed E-state index contributed by atoms with van der Waals surface area (Å²) in [6.07, 6.45) is -10.8. The molecule has 1 saturated heterocycles. The van der Waals surface area contributed by atoms with Crippen molar-refractivity contribution in [3.63, 3.8) is 0 Å². The number of halogens is 3. The second kappa shape index (κ2) is 8.25. The van der Waals surface area contributed by atoms with Crippen molar-refractivity contribution in [2.45, 2.75) is 56.3 Å². The lowest BCUT2D eigenvalue weighted by atomic mass is 9.87. The Morgan fingerprint density at radius 1 is 1.17 bits per heavy atom. The third kappa shape index (κ3) is 5.01. The zero-order valence-corrected chi connectivity index (χ0v) is 12.7. The van der Waals surface area contributed by atoms with Crippen LogP contribution in [0, 0.1) is 0 Å². The van der Waals surface area contributed by atoms with Crippen LogP contribution in [0.15, 0.2) is 0 Å². The molecule has 0 aromatic rings. The Bertz CT molecular complexity index is 396. The second-order valence-electron chi connectivity index (χ2n) is 5.52. The van der Waals surface area contributed by atoms with Crippen molar-refractivity contribution in [1.29, 1.82) is 0 Å². The second-order valence-corrected chi connectivity index (χ2v) is 5.52. The van der Waals surface area contributed by atoms with Gasteiger partial charge in [0.1, 0.15) is 24.4 Å². The van der Waals surface area contributed by atoms with Crippen LogP contribution in [0.1, 0.15) is 19.8 Å². The number of aliphatic hydroxyl groups is 4. The number of alkyl halides is 3. The lowest BCUT2D eigenvalue weighted by Gasteiger charge is -2.47. The van der Waals surface area contributed by atoms with Gasteiger partial charge in [-0.1, -0.05) is 0 Å². The quantitative estimate of drug-likeness (QED) is 0.405. The van der Waals surface area contributed by atoms with Crippen LogP contribution in [0.4, 0.5) is 13.2 Å². The van der Waals surface area contributed by atoms with Crippen LogP contribution >= 0.6 is 0 Å². The molecule has 10 heteroatoms. The van der Waals surface area contributed by atoms with Gasteiger partial charge in [-0.25, -0.2) is 0 Å². The summed E-state index contributed by atoms with van der Waals surface area (Å²) in [5, 5.41) is 41.5. The molecule has 1 heterocycles. The van der Waals surface area contributed by atoms with Gasteiger partial charge in [0.2, 0.25) is 5.91 Å². The van der Waals surface area contributed by atoms with E-state index in [1.54, 1.807) is 6.92 Å². The monoisotopic (exact) mass is 344 g/mol. The van der Waals surface area contributed by atoms with Crippen LogP contribution < -0.4 is 5.32 Å². The number of aliphatic hydroxyl groups excluding tert-OH is 4. The third-order valence-corrected chi connectivity index (χ3v) is 3.88. The van der Waals surface area contributed by atoms with E-state index in [2.05, 4.69) is 5.32 Å². The number of carbonyl (C=O) groups excluding carboxylic acids is 1. The van der Waals surface area contributed by atoms with Crippen LogP contribution in [0.25, 0.3) is 0 Å². The number of rotatable bonds is 6. The van der Waals surface area contributed by atoms with Crippen molar-refractivity contribution < 1.29 is 38.4 Å². The molecule has 0 unspecified atom stereocenters. The molecule has 1 amide bonds. The number of likely N-dealkylation sites (N-methyl/N-ethyl adjacent to an activating group) is 1. The average Bonchev–Trinajstić information content (AvgIpc) is 2.44. The van der Waals surface area contributed by atoms with Crippen molar-refractivity contribution in [3.05, 3.63) is 0 Å². The van der Waals surface area contributed by atoms with Gasteiger partial charge in [0.25, 0.3) is 0 Å². The molecular weight excluding hydrogens is 321 g/mol. The molecule has 5 atom stereocenters. The Morgan fingerprint density at radius 3 is 2.26 bits per heavy atom. The van der Waals surface area contributed by atoms with Gasteiger partial charge in [-0.2, -0.15) is 13.2 Å². The first-order valence-electron chi connectivity index (χ1n) is 7.39. The summed E-state index contributed by atoms with van der Waals surface area (Å²) in [6, 6.07) is -2.49. The fourth-order valence-electron chi connectivity index (χ4n) is 2.78. The normalized spacial score (nSPS) is 32.8. The van der Waals surface area contributed by atoms with Crippen LogP contribution in [0.2, 0.25) is 0 Å². The maximum atomic E-state index is 12.3.